The van der Waals surface area contributed by atoms with Gasteiger partial charge in [0.15, 0.2) is 0 Å². The molecule has 0 saturated carbocycles. The molecule has 0 aromatic heterocycles. The van der Waals surface area contributed by atoms with Crippen molar-refractivity contribution in [3.05, 3.63) is 35.9 Å². The summed E-state index contributed by atoms with van der Waals surface area (Å²) in [6, 6.07) is 9.07. The summed E-state index contributed by atoms with van der Waals surface area (Å²) in [7, 11) is -3.32. The molecule has 0 radical (unpaired) electrons. The van der Waals surface area contributed by atoms with Crippen LogP contribution in [-0.4, -0.2) is 19.7 Å². The van der Waals surface area contributed by atoms with E-state index in [0.29, 0.717) is 6.42 Å². The van der Waals surface area contributed by atoms with Crippen LogP contribution in [0.3, 0.4) is 0 Å². The Morgan fingerprint density at radius 2 is 1.88 bits per heavy atom. The fourth-order valence-electron chi connectivity index (χ4n) is 1.32. The van der Waals surface area contributed by atoms with E-state index in [0.717, 1.165) is 5.56 Å². The van der Waals surface area contributed by atoms with Gasteiger partial charge in [0.05, 0.1) is 11.3 Å². The topological polar surface area (TPSA) is 46.2 Å². The normalized spacial score (nSPS) is 13.3. The van der Waals surface area contributed by atoms with Crippen molar-refractivity contribution in [1.29, 1.82) is 0 Å². The van der Waals surface area contributed by atoms with Crippen molar-refractivity contribution in [2.75, 3.05) is 0 Å². The number of terminal acetylenes is 1. The van der Waals surface area contributed by atoms with Crippen LogP contribution in [0, 0.1) is 12.3 Å². The molecule has 3 nitrogen and oxygen atoms in total. The molecule has 0 aliphatic heterocycles. The average Bonchev–Trinajstić information content (AvgIpc) is 2.29. The van der Waals surface area contributed by atoms with Crippen molar-refractivity contribution in [2.24, 2.45) is 0 Å². The molecule has 1 N–H and O–H groups in total. The number of sulfonamides is 1. The first-order valence-corrected chi connectivity index (χ1v) is 7.01. The highest BCUT2D eigenvalue weighted by Crippen LogP contribution is 2.05. The number of hydrogen-bond donors (Lipinski definition) is 1. The maximum Gasteiger partial charge on any atom is 0.215 e. The van der Waals surface area contributed by atoms with Crippen molar-refractivity contribution < 1.29 is 8.42 Å². The molecule has 0 unspecified atom stereocenters. The SMILES string of the molecule is C#C[C@H](Cc1ccccc1)NS(=O)(=O)C(C)C. The van der Waals surface area contributed by atoms with Crippen LogP contribution in [0.1, 0.15) is 19.4 Å². The van der Waals surface area contributed by atoms with Gasteiger partial charge in [0.1, 0.15) is 0 Å². The largest absolute Gasteiger partial charge is 0.215 e. The highest BCUT2D eigenvalue weighted by molar-refractivity contribution is 7.90. The molecule has 4 heteroatoms. The fraction of sp³-hybridized carbons (Fsp3) is 0.385. The highest BCUT2D eigenvalue weighted by atomic mass is 32.2. The Bertz CT molecular complexity index is 486. The molecule has 0 amide bonds. The molecule has 17 heavy (non-hydrogen) atoms. The van der Waals surface area contributed by atoms with Gasteiger partial charge in [0.2, 0.25) is 10.0 Å². The molecule has 0 fully saturated rings. The molecule has 0 bridgehead atoms. The lowest BCUT2D eigenvalue weighted by Crippen LogP contribution is -2.39. The minimum atomic E-state index is -3.32. The Kier molecular flexibility index (Phi) is 4.73. The maximum atomic E-state index is 11.7. The highest BCUT2D eigenvalue weighted by Gasteiger charge is 2.19. The molecule has 92 valence electrons. The van der Waals surface area contributed by atoms with Gasteiger partial charge in [-0.25, -0.2) is 8.42 Å². The van der Waals surface area contributed by atoms with Crippen LogP contribution in [0.4, 0.5) is 0 Å². The summed E-state index contributed by atoms with van der Waals surface area (Å²) in [4.78, 5) is 0. The summed E-state index contributed by atoms with van der Waals surface area (Å²) in [5.74, 6) is 2.47. The number of hydrogen-bond acceptors (Lipinski definition) is 2. The van der Waals surface area contributed by atoms with Crippen molar-refractivity contribution in [2.45, 2.75) is 31.6 Å². The second-order valence-electron chi connectivity index (χ2n) is 4.12. The molecule has 1 atom stereocenters. The molecule has 1 aromatic rings. The summed E-state index contributed by atoms with van der Waals surface area (Å²) in [6.07, 6.45) is 5.85. The third-order valence-corrected chi connectivity index (χ3v) is 4.27. The summed E-state index contributed by atoms with van der Waals surface area (Å²) < 4.78 is 25.9. The minimum Gasteiger partial charge on any atom is -0.212 e. The third-order valence-electron chi connectivity index (χ3n) is 2.41. The van der Waals surface area contributed by atoms with E-state index in [9.17, 15) is 8.42 Å². The van der Waals surface area contributed by atoms with Gasteiger partial charge in [-0.3, -0.25) is 0 Å². The van der Waals surface area contributed by atoms with E-state index in [1.165, 1.54) is 0 Å². The van der Waals surface area contributed by atoms with E-state index in [4.69, 9.17) is 6.42 Å². The molecular weight excluding hydrogens is 234 g/mol. The molecule has 1 rings (SSSR count). The van der Waals surface area contributed by atoms with Gasteiger partial charge in [-0.05, 0) is 25.8 Å². The van der Waals surface area contributed by atoms with E-state index in [2.05, 4.69) is 10.6 Å². The lowest BCUT2D eigenvalue weighted by atomic mass is 10.1. The molecule has 1 aromatic carbocycles. The van der Waals surface area contributed by atoms with E-state index in [1.807, 2.05) is 30.3 Å². The van der Waals surface area contributed by atoms with Gasteiger partial charge < -0.3 is 0 Å². The molecular formula is C13H17NO2S. The van der Waals surface area contributed by atoms with E-state index in [-0.39, 0.29) is 0 Å². The number of nitrogens with one attached hydrogen (secondary N) is 1. The fourth-order valence-corrected chi connectivity index (χ4v) is 2.14. The van der Waals surface area contributed by atoms with Crippen molar-refractivity contribution in [3.63, 3.8) is 0 Å². The van der Waals surface area contributed by atoms with Crippen LogP contribution in [0.2, 0.25) is 0 Å². The zero-order valence-corrected chi connectivity index (χ0v) is 10.9. The Morgan fingerprint density at radius 3 is 2.35 bits per heavy atom. The van der Waals surface area contributed by atoms with Crippen LogP contribution in [0.15, 0.2) is 30.3 Å². The Hall–Kier alpha value is -1.31. The van der Waals surface area contributed by atoms with Crippen LogP contribution in [0.5, 0.6) is 0 Å². The van der Waals surface area contributed by atoms with Crippen molar-refractivity contribution >= 4 is 10.0 Å². The van der Waals surface area contributed by atoms with Gasteiger partial charge in [-0.2, -0.15) is 4.72 Å². The standard InChI is InChI=1S/C13H17NO2S/c1-4-13(14-17(15,16)11(2)3)10-12-8-6-5-7-9-12/h1,5-9,11,13-14H,10H2,2-3H3/t13-/m1/s1. The first kappa shape index (κ1) is 13.8. The lowest BCUT2D eigenvalue weighted by Gasteiger charge is -2.15. The molecule has 0 heterocycles. The predicted molar refractivity (Wildman–Crippen MR) is 70.0 cm³/mol. The second-order valence-corrected chi connectivity index (χ2v) is 6.39. The Labute approximate surface area is 103 Å². The zero-order valence-electron chi connectivity index (χ0n) is 10.1. The molecule has 0 aliphatic carbocycles. The van der Waals surface area contributed by atoms with Gasteiger partial charge in [-0.1, -0.05) is 36.3 Å². The van der Waals surface area contributed by atoms with Gasteiger partial charge in [0, 0.05) is 0 Å². The summed E-state index contributed by atoms with van der Waals surface area (Å²) >= 11 is 0. The van der Waals surface area contributed by atoms with E-state index in [1.54, 1.807) is 13.8 Å². The Morgan fingerprint density at radius 1 is 1.29 bits per heavy atom. The van der Waals surface area contributed by atoms with Gasteiger partial charge in [-0.15, -0.1) is 6.42 Å². The molecule has 0 spiro atoms. The number of rotatable bonds is 5. The first-order chi connectivity index (χ1) is 7.95. The van der Waals surface area contributed by atoms with Crippen LogP contribution in [0.25, 0.3) is 0 Å². The summed E-state index contributed by atoms with van der Waals surface area (Å²) in [6.45, 7) is 3.25. The minimum absolute atomic E-state index is 0.478. The van der Waals surface area contributed by atoms with Crippen LogP contribution < -0.4 is 4.72 Å². The zero-order chi connectivity index (χ0) is 12.9. The second kappa shape index (κ2) is 5.85. The number of benzene rings is 1. The maximum absolute atomic E-state index is 11.7. The van der Waals surface area contributed by atoms with E-state index < -0.39 is 21.3 Å². The quantitative estimate of drug-likeness (QED) is 0.807. The summed E-state index contributed by atoms with van der Waals surface area (Å²) in [5.41, 5.74) is 1.02. The van der Waals surface area contributed by atoms with Crippen LogP contribution in [-0.2, 0) is 16.4 Å². The molecule has 0 saturated heterocycles. The van der Waals surface area contributed by atoms with Crippen molar-refractivity contribution in [1.82, 2.24) is 4.72 Å². The predicted octanol–water partition coefficient (Wildman–Crippen LogP) is 1.56. The van der Waals surface area contributed by atoms with Crippen LogP contribution >= 0.6 is 0 Å². The summed E-state index contributed by atoms with van der Waals surface area (Å²) in [5, 5.41) is -0.478. The average molecular weight is 251 g/mol. The smallest absolute Gasteiger partial charge is 0.212 e. The Balaban J connectivity index is 2.73. The first-order valence-electron chi connectivity index (χ1n) is 5.47. The third kappa shape index (κ3) is 4.22. The van der Waals surface area contributed by atoms with Crippen molar-refractivity contribution in [3.8, 4) is 12.3 Å². The molecule has 0 aliphatic rings. The lowest BCUT2D eigenvalue weighted by molar-refractivity contribution is 0.563. The van der Waals surface area contributed by atoms with Gasteiger partial charge >= 0.3 is 0 Å². The monoisotopic (exact) mass is 251 g/mol. The van der Waals surface area contributed by atoms with E-state index >= 15 is 0 Å². The van der Waals surface area contributed by atoms with Gasteiger partial charge in [0.25, 0.3) is 0 Å².